The summed E-state index contributed by atoms with van der Waals surface area (Å²) in [6.45, 7) is -0.529. The van der Waals surface area contributed by atoms with Gasteiger partial charge in [0.15, 0.2) is 11.6 Å². The minimum absolute atomic E-state index is 0.0333. The van der Waals surface area contributed by atoms with Gasteiger partial charge in [0.2, 0.25) is 5.90 Å². The molecule has 0 saturated carbocycles. The van der Waals surface area contributed by atoms with Crippen LogP contribution in [0.4, 0.5) is 10.1 Å². The zero-order valence-corrected chi connectivity index (χ0v) is 22.6. The number of amides is 1. The van der Waals surface area contributed by atoms with Crippen LogP contribution in [0.15, 0.2) is 87.4 Å². The number of nitrogens with one attached hydrogen (secondary N) is 1. The average molecular weight is 596 g/mol. The Morgan fingerprint density at radius 1 is 1.18 bits per heavy atom. The molecule has 1 aliphatic rings. The molecular weight excluding hydrogens is 569 g/mol. The second kappa shape index (κ2) is 13.2. The van der Waals surface area contributed by atoms with E-state index in [0.29, 0.717) is 35.6 Å². The summed E-state index contributed by atoms with van der Waals surface area (Å²) in [6, 6.07) is 21.3. The summed E-state index contributed by atoms with van der Waals surface area (Å²) < 4.78 is 26.0. The number of azide groups is 1. The van der Waals surface area contributed by atoms with Crippen molar-refractivity contribution in [1.29, 1.82) is 0 Å². The maximum Gasteiger partial charge on any atom is 0.252 e. The van der Waals surface area contributed by atoms with Gasteiger partial charge in [-0.15, -0.1) is 0 Å². The Bertz CT molecular complexity index is 1380. The Balaban J connectivity index is 1.84. The molecule has 11 heteroatoms. The Kier molecular flexibility index (Phi) is 9.54. The molecular formula is C28H27BrFN5O4. The van der Waals surface area contributed by atoms with Gasteiger partial charge in [0.1, 0.15) is 12.4 Å². The second-order valence-corrected chi connectivity index (χ2v) is 9.60. The van der Waals surface area contributed by atoms with Gasteiger partial charge in [0.05, 0.1) is 6.61 Å². The monoisotopic (exact) mass is 595 g/mol. The van der Waals surface area contributed by atoms with E-state index in [9.17, 15) is 14.7 Å². The van der Waals surface area contributed by atoms with Crippen LogP contribution in [0.1, 0.15) is 29.2 Å². The summed E-state index contributed by atoms with van der Waals surface area (Å²) in [7, 11) is 0. The highest BCUT2D eigenvalue weighted by atomic mass is 79.9. The highest BCUT2D eigenvalue weighted by Crippen LogP contribution is 2.46. The number of carbonyl (C=O) groups excluding carboxylic acids is 1. The molecule has 39 heavy (non-hydrogen) atoms. The molecule has 1 aliphatic heterocycles. The number of aliphatic hydroxyl groups excluding tert-OH is 1. The third kappa shape index (κ3) is 6.39. The Hall–Kier alpha value is -3.92. The molecule has 0 bridgehead atoms. The third-order valence-corrected chi connectivity index (χ3v) is 6.97. The fourth-order valence-corrected chi connectivity index (χ4v) is 4.78. The van der Waals surface area contributed by atoms with E-state index in [1.807, 2.05) is 24.3 Å². The van der Waals surface area contributed by atoms with Gasteiger partial charge in [-0.05, 0) is 41.4 Å². The van der Waals surface area contributed by atoms with Gasteiger partial charge in [0.25, 0.3) is 5.91 Å². The van der Waals surface area contributed by atoms with Gasteiger partial charge in [-0.2, -0.15) is 0 Å². The van der Waals surface area contributed by atoms with Crippen molar-refractivity contribution < 1.29 is 23.8 Å². The van der Waals surface area contributed by atoms with Crippen molar-refractivity contribution in [2.24, 2.45) is 10.1 Å². The minimum atomic E-state index is -1.55. The van der Waals surface area contributed by atoms with Gasteiger partial charge in [-0.1, -0.05) is 63.5 Å². The molecule has 202 valence electrons. The molecule has 0 aromatic heterocycles. The summed E-state index contributed by atoms with van der Waals surface area (Å²) in [6.07, 6.45) is -0.357. The van der Waals surface area contributed by atoms with Gasteiger partial charge >= 0.3 is 0 Å². The molecule has 1 amide bonds. The molecule has 0 aliphatic carbocycles. The molecule has 3 aromatic carbocycles. The van der Waals surface area contributed by atoms with E-state index >= 15 is 0 Å². The lowest BCUT2D eigenvalue weighted by Gasteiger charge is -2.31. The molecule has 0 saturated heterocycles. The number of nitrogens with zero attached hydrogens (tertiary/aromatic N) is 4. The van der Waals surface area contributed by atoms with Gasteiger partial charge in [-0.25, -0.2) is 9.38 Å². The van der Waals surface area contributed by atoms with Crippen LogP contribution in [0.3, 0.4) is 0 Å². The molecule has 0 radical (unpaired) electrons. The number of benzene rings is 3. The molecule has 3 aromatic rings. The summed E-state index contributed by atoms with van der Waals surface area (Å²) >= 11 is 3.56. The van der Waals surface area contributed by atoms with Crippen LogP contribution in [-0.4, -0.2) is 48.9 Å². The maximum absolute atomic E-state index is 13.8. The lowest BCUT2D eigenvalue weighted by atomic mass is 9.81. The molecule has 2 N–H and O–H groups in total. The zero-order valence-electron chi connectivity index (χ0n) is 21.0. The Morgan fingerprint density at radius 2 is 1.92 bits per heavy atom. The maximum atomic E-state index is 13.8. The highest BCUT2D eigenvalue weighted by molar-refractivity contribution is 9.10. The zero-order chi connectivity index (χ0) is 27.7. The number of hydrogen-bond acceptors (Lipinski definition) is 6. The van der Waals surface area contributed by atoms with Gasteiger partial charge < -0.3 is 19.9 Å². The van der Waals surface area contributed by atoms with Gasteiger partial charge in [0, 0.05) is 52.2 Å². The van der Waals surface area contributed by atoms with E-state index in [-0.39, 0.29) is 25.5 Å². The fraction of sp³-hybridized carbons (Fsp3) is 0.286. The third-order valence-electron chi connectivity index (χ3n) is 6.20. The predicted octanol–water partition coefficient (Wildman–Crippen LogP) is 5.74. The Morgan fingerprint density at radius 3 is 2.64 bits per heavy atom. The summed E-state index contributed by atoms with van der Waals surface area (Å²) in [5, 5.41) is 15.5. The quantitative estimate of drug-likeness (QED) is 0.120. The number of rotatable bonds is 12. The van der Waals surface area contributed by atoms with E-state index in [1.165, 1.54) is 0 Å². The van der Waals surface area contributed by atoms with E-state index in [1.54, 1.807) is 48.5 Å². The largest absolute Gasteiger partial charge is 0.494 e. The van der Waals surface area contributed by atoms with Crippen LogP contribution in [0.2, 0.25) is 0 Å². The minimum Gasteiger partial charge on any atom is -0.494 e. The van der Waals surface area contributed by atoms with Crippen molar-refractivity contribution in [3.05, 3.63) is 104 Å². The molecule has 0 unspecified atom stereocenters. The van der Waals surface area contributed by atoms with Crippen LogP contribution >= 0.6 is 15.9 Å². The SMILES string of the molecule is [N-]=[N+]=Nc1ccccc1[C@H]1OC(c2ccc(OCCCO)cc2)=N[C@@]1(Cc1ccccc1Br)C(=O)NCCF. The van der Waals surface area contributed by atoms with Crippen LogP contribution in [-0.2, 0) is 16.0 Å². The first-order valence-electron chi connectivity index (χ1n) is 12.3. The summed E-state index contributed by atoms with van der Waals surface area (Å²) in [4.78, 5) is 21.7. The van der Waals surface area contributed by atoms with Crippen molar-refractivity contribution in [2.75, 3.05) is 26.4 Å². The molecule has 2 atom stereocenters. The Labute approximate surface area is 233 Å². The fourth-order valence-electron chi connectivity index (χ4n) is 4.35. The second-order valence-electron chi connectivity index (χ2n) is 8.75. The first kappa shape index (κ1) is 28.1. The molecule has 1 heterocycles. The van der Waals surface area contributed by atoms with E-state index < -0.39 is 24.2 Å². The number of carbonyl (C=O) groups is 1. The van der Waals surface area contributed by atoms with Crippen LogP contribution in [0.25, 0.3) is 10.4 Å². The molecule has 0 spiro atoms. The van der Waals surface area contributed by atoms with Crippen molar-refractivity contribution >= 4 is 33.4 Å². The van der Waals surface area contributed by atoms with Crippen molar-refractivity contribution in [3.8, 4) is 5.75 Å². The average Bonchev–Trinajstić information content (AvgIpc) is 3.34. The molecule has 0 fully saturated rings. The van der Waals surface area contributed by atoms with E-state index in [2.05, 4.69) is 31.3 Å². The number of ether oxygens (including phenoxy) is 2. The number of aliphatic hydroxyl groups is 1. The van der Waals surface area contributed by atoms with Crippen LogP contribution < -0.4 is 10.1 Å². The standard InChI is InChI=1S/C28H27BrFN5O4/c29-23-8-3-1-6-20(23)18-28(27(37)32-15-14-30)25(22-7-2-4-9-24(22)34-35-31)39-26(33-28)19-10-12-21(13-11-19)38-17-5-16-36/h1-4,6-13,25,36H,5,14-18H2,(H,32,37)/t25-,28-/m1/s1. The van der Waals surface area contributed by atoms with E-state index in [4.69, 9.17) is 19.6 Å². The number of hydrogen-bond donors (Lipinski definition) is 2. The summed E-state index contributed by atoms with van der Waals surface area (Å²) in [5.74, 6) is 0.298. The first-order valence-corrected chi connectivity index (χ1v) is 13.1. The smallest absolute Gasteiger partial charge is 0.252 e. The number of halogens is 2. The lowest BCUT2D eigenvalue weighted by molar-refractivity contribution is -0.129. The lowest BCUT2D eigenvalue weighted by Crippen LogP contribution is -2.50. The van der Waals surface area contributed by atoms with E-state index in [0.717, 1.165) is 10.0 Å². The molecule has 4 rings (SSSR count). The molecule has 9 nitrogen and oxygen atoms in total. The highest BCUT2D eigenvalue weighted by Gasteiger charge is 2.54. The predicted molar refractivity (Wildman–Crippen MR) is 149 cm³/mol. The van der Waals surface area contributed by atoms with Crippen LogP contribution in [0.5, 0.6) is 5.75 Å². The topological polar surface area (TPSA) is 129 Å². The summed E-state index contributed by atoms with van der Waals surface area (Å²) in [5.41, 5.74) is 9.79. The first-order chi connectivity index (χ1) is 19.0. The number of aliphatic imine (C=N–C) groups is 1. The van der Waals surface area contributed by atoms with Crippen molar-refractivity contribution in [1.82, 2.24) is 5.32 Å². The van der Waals surface area contributed by atoms with Crippen molar-refractivity contribution in [3.63, 3.8) is 0 Å². The van der Waals surface area contributed by atoms with Crippen molar-refractivity contribution in [2.45, 2.75) is 24.5 Å². The van der Waals surface area contributed by atoms with Crippen LogP contribution in [0, 0.1) is 0 Å². The normalized spacial score (nSPS) is 18.0. The van der Waals surface area contributed by atoms with Gasteiger partial charge in [-0.3, -0.25) is 4.79 Å². The number of alkyl halides is 1.